The second kappa shape index (κ2) is 12.5. The van der Waals surface area contributed by atoms with Gasteiger partial charge in [-0.2, -0.15) is 0 Å². The lowest BCUT2D eigenvalue weighted by Crippen LogP contribution is -2.38. The normalized spacial score (nSPS) is 11.0. The van der Waals surface area contributed by atoms with E-state index in [0.717, 1.165) is 25.1 Å². The summed E-state index contributed by atoms with van der Waals surface area (Å²) in [6, 6.07) is 12.1. The van der Waals surface area contributed by atoms with Gasteiger partial charge in [-0.3, -0.25) is 9.79 Å². The van der Waals surface area contributed by atoms with Crippen molar-refractivity contribution >= 4 is 29.9 Å². The van der Waals surface area contributed by atoms with Gasteiger partial charge in [-0.05, 0) is 43.9 Å². The van der Waals surface area contributed by atoms with Crippen LogP contribution < -0.4 is 16.2 Å². The van der Waals surface area contributed by atoms with Crippen molar-refractivity contribution in [2.75, 3.05) is 20.1 Å². The lowest BCUT2D eigenvalue weighted by atomic mass is 10.1. The molecule has 0 saturated carbocycles. The van der Waals surface area contributed by atoms with Crippen LogP contribution in [0, 0.1) is 12.7 Å². The van der Waals surface area contributed by atoms with Crippen molar-refractivity contribution in [1.29, 1.82) is 0 Å². The van der Waals surface area contributed by atoms with E-state index >= 15 is 0 Å². The van der Waals surface area contributed by atoms with Crippen LogP contribution in [0.5, 0.6) is 0 Å². The smallest absolute Gasteiger partial charge is 0.250 e. The van der Waals surface area contributed by atoms with Crippen LogP contribution in [0.4, 0.5) is 4.39 Å². The summed E-state index contributed by atoms with van der Waals surface area (Å²) < 4.78 is 15.4. The number of aromatic nitrogens is 1. The molecule has 27 heavy (non-hydrogen) atoms. The molecule has 0 bridgehead atoms. The number of nitrogens with one attached hydrogen (secondary N) is 2. The Bertz CT molecular complexity index is 792. The van der Waals surface area contributed by atoms with Crippen molar-refractivity contribution in [3.05, 3.63) is 69.9 Å². The number of benzene rings is 1. The molecule has 0 atom stereocenters. The maximum absolute atomic E-state index is 13.6. The van der Waals surface area contributed by atoms with Crippen molar-refractivity contribution < 1.29 is 4.39 Å². The zero-order chi connectivity index (χ0) is 18.8. The van der Waals surface area contributed by atoms with Crippen LogP contribution in [0.1, 0.15) is 24.1 Å². The lowest BCUT2D eigenvalue weighted by molar-refractivity contribution is 0.574. The van der Waals surface area contributed by atoms with Crippen LogP contribution in [0.15, 0.2) is 52.3 Å². The van der Waals surface area contributed by atoms with Crippen LogP contribution in [-0.4, -0.2) is 30.7 Å². The molecular formula is C20H28FIN4O. The molecule has 0 radical (unpaired) electrons. The number of hydrogen-bond donors (Lipinski definition) is 2. The van der Waals surface area contributed by atoms with E-state index in [9.17, 15) is 9.18 Å². The van der Waals surface area contributed by atoms with Crippen LogP contribution in [-0.2, 0) is 13.0 Å². The van der Waals surface area contributed by atoms with Crippen molar-refractivity contribution in [3.8, 4) is 0 Å². The van der Waals surface area contributed by atoms with Crippen molar-refractivity contribution in [2.24, 2.45) is 4.99 Å². The third kappa shape index (κ3) is 7.70. The molecule has 0 aliphatic heterocycles. The van der Waals surface area contributed by atoms with Crippen LogP contribution >= 0.6 is 24.0 Å². The number of hydrogen-bond acceptors (Lipinski definition) is 2. The Hall–Kier alpha value is -1.90. The van der Waals surface area contributed by atoms with Gasteiger partial charge in [0.1, 0.15) is 5.82 Å². The maximum Gasteiger partial charge on any atom is 0.250 e. The number of unbranched alkanes of at least 4 members (excludes halogenated alkanes) is 1. The minimum atomic E-state index is -0.177. The van der Waals surface area contributed by atoms with E-state index in [1.807, 2.05) is 19.1 Å². The van der Waals surface area contributed by atoms with Crippen molar-refractivity contribution in [3.63, 3.8) is 0 Å². The summed E-state index contributed by atoms with van der Waals surface area (Å²) in [7, 11) is 1.71. The molecule has 1 aromatic carbocycles. The van der Waals surface area contributed by atoms with E-state index in [-0.39, 0.29) is 35.4 Å². The quantitative estimate of drug-likeness (QED) is 0.261. The standard InChI is InChI=1S/C20H27FN4O.HI/c1-16-8-7-11-19(26)25(16)15-6-5-13-23-20(22-2)24-14-12-17-9-3-4-10-18(17)21;/h3-4,7-11H,5-6,12-15H2,1-2H3,(H2,22,23,24);1H. The Balaban J connectivity index is 0.00000364. The van der Waals surface area contributed by atoms with Crippen LogP contribution in [0.2, 0.25) is 0 Å². The summed E-state index contributed by atoms with van der Waals surface area (Å²) in [4.78, 5) is 16.0. The molecule has 2 rings (SSSR count). The van der Waals surface area contributed by atoms with E-state index in [4.69, 9.17) is 0 Å². The number of aliphatic imine (C=N–C) groups is 1. The SMILES string of the molecule is CN=C(NCCCCn1c(C)cccc1=O)NCCc1ccccc1F.I. The fourth-order valence-electron chi connectivity index (χ4n) is 2.75. The second-order valence-electron chi connectivity index (χ2n) is 6.13. The van der Waals surface area contributed by atoms with Crippen molar-refractivity contribution in [2.45, 2.75) is 32.7 Å². The summed E-state index contributed by atoms with van der Waals surface area (Å²) >= 11 is 0. The summed E-state index contributed by atoms with van der Waals surface area (Å²) in [5, 5.41) is 6.43. The predicted molar refractivity (Wildman–Crippen MR) is 120 cm³/mol. The minimum absolute atomic E-state index is 0. The zero-order valence-corrected chi connectivity index (χ0v) is 18.2. The van der Waals surface area contributed by atoms with E-state index in [1.165, 1.54) is 6.07 Å². The highest BCUT2D eigenvalue weighted by Gasteiger charge is 2.02. The molecule has 2 N–H and O–H groups in total. The zero-order valence-electron chi connectivity index (χ0n) is 15.9. The second-order valence-corrected chi connectivity index (χ2v) is 6.13. The molecule has 1 aromatic heterocycles. The third-order valence-corrected chi connectivity index (χ3v) is 4.24. The molecular weight excluding hydrogens is 458 g/mol. The molecule has 0 amide bonds. The first-order valence-corrected chi connectivity index (χ1v) is 8.96. The number of guanidine groups is 1. The number of aryl methyl sites for hydroxylation is 1. The van der Waals surface area contributed by atoms with Gasteiger partial charge in [-0.25, -0.2) is 4.39 Å². The average Bonchev–Trinajstić information content (AvgIpc) is 2.63. The summed E-state index contributed by atoms with van der Waals surface area (Å²) in [5.74, 6) is 0.526. The first-order chi connectivity index (χ1) is 12.6. The summed E-state index contributed by atoms with van der Waals surface area (Å²) in [6.45, 7) is 4.03. The molecule has 5 nitrogen and oxygen atoms in total. The van der Waals surface area contributed by atoms with Gasteiger partial charge in [-0.15, -0.1) is 24.0 Å². The number of nitrogens with zero attached hydrogens (tertiary/aromatic N) is 2. The summed E-state index contributed by atoms with van der Waals surface area (Å²) in [5.41, 5.74) is 1.72. The Morgan fingerprint density at radius 3 is 2.52 bits per heavy atom. The number of pyridine rings is 1. The predicted octanol–water partition coefficient (Wildman–Crippen LogP) is 3.10. The molecule has 7 heteroatoms. The van der Waals surface area contributed by atoms with Crippen molar-refractivity contribution in [1.82, 2.24) is 15.2 Å². The first kappa shape index (κ1) is 23.1. The number of rotatable bonds is 8. The fourth-order valence-corrected chi connectivity index (χ4v) is 2.75. The van der Waals surface area contributed by atoms with Crippen LogP contribution in [0.3, 0.4) is 0 Å². The van der Waals surface area contributed by atoms with E-state index in [0.29, 0.717) is 31.0 Å². The highest BCUT2D eigenvalue weighted by Crippen LogP contribution is 2.06. The van der Waals surface area contributed by atoms with E-state index < -0.39 is 0 Å². The topological polar surface area (TPSA) is 58.4 Å². The van der Waals surface area contributed by atoms with Gasteiger partial charge in [-0.1, -0.05) is 24.3 Å². The van der Waals surface area contributed by atoms with Gasteiger partial charge in [0.05, 0.1) is 0 Å². The Kier molecular flexibility index (Phi) is 10.7. The average molecular weight is 486 g/mol. The molecule has 148 valence electrons. The minimum Gasteiger partial charge on any atom is -0.356 e. The van der Waals surface area contributed by atoms with Gasteiger partial charge in [0, 0.05) is 38.4 Å². The molecule has 0 saturated heterocycles. The molecule has 0 unspecified atom stereocenters. The van der Waals surface area contributed by atoms with Gasteiger partial charge < -0.3 is 15.2 Å². The monoisotopic (exact) mass is 486 g/mol. The maximum atomic E-state index is 13.6. The first-order valence-electron chi connectivity index (χ1n) is 8.96. The lowest BCUT2D eigenvalue weighted by Gasteiger charge is -2.13. The Morgan fingerprint density at radius 1 is 1.07 bits per heavy atom. The Morgan fingerprint density at radius 2 is 1.81 bits per heavy atom. The van der Waals surface area contributed by atoms with Crippen LogP contribution in [0.25, 0.3) is 0 Å². The highest BCUT2D eigenvalue weighted by molar-refractivity contribution is 14.0. The highest BCUT2D eigenvalue weighted by atomic mass is 127. The molecule has 1 heterocycles. The third-order valence-electron chi connectivity index (χ3n) is 4.24. The van der Waals surface area contributed by atoms with Gasteiger partial charge in [0.2, 0.25) is 0 Å². The molecule has 2 aromatic rings. The van der Waals surface area contributed by atoms with E-state index in [1.54, 1.807) is 35.9 Å². The van der Waals surface area contributed by atoms with Gasteiger partial charge in [0.15, 0.2) is 5.96 Å². The molecule has 0 fully saturated rings. The van der Waals surface area contributed by atoms with Gasteiger partial charge >= 0.3 is 0 Å². The Labute approximate surface area is 177 Å². The number of halogens is 2. The largest absolute Gasteiger partial charge is 0.356 e. The van der Waals surface area contributed by atoms with E-state index in [2.05, 4.69) is 15.6 Å². The summed E-state index contributed by atoms with van der Waals surface area (Å²) in [6.07, 6.45) is 2.43. The molecule has 0 spiro atoms. The van der Waals surface area contributed by atoms with Gasteiger partial charge in [0.25, 0.3) is 5.56 Å². The fraction of sp³-hybridized carbons (Fsp3) is 0.400. The molecule has 0 aliphatic rings. The molecule has 0 aliphatic carbocycles.